The van der Waals surface area contributed by atoms with Crippen LogP contribution in [-0.2, 0) is 0 Å². The molecule has 0 aliphatic carbocycles. The van der Waals surface area contributed by atoms with E-state index in [1.54, 1.807) is 12.1 Å². The first kappa shape index (κ1) is 15.9. The Labute approximate surface area is 103 Å². The molecule has 3 heteroatoms. The first-order valence-electron chi connectivity index (χ1n) is 6.24. The van der Waals surface area contributed by atoms with Gasteiger partial charge in [0.25, 0.3) is 6.43 Å². The smallest absolute Gasteiger partial charge is 0.263 e. The van der Waals surface area contributed by atoms with E-state index < -0.39 is 6.43 Å². The Morgan fingerprint density at radius 2 is 1.88 bits per heavy atom. The third-order valence-corrected chi connectivity index (χ3v) is 2.41. The van der Waals surface area contributed by atoms with Crippen molar-refractivity contribution in [2.75, 3.05) is 18.5 Å². The van der Waals surface area contributed by atoms with Crippen molar-refractivity contribution in [1.29, 1.82) is 0 Å². The van der Waals surface area contributed by atoms with Gasteiger partial charge >= 0.3 is 0 Å². The van der Waals surface area contributed by atoms with Gasteiger partial charge in [0.05, 0.1) is 0 Å². The van der Waals surface area contributed by atoms with E-state index >= 15 is 0 Å². The summed E-state index contributed by atoms with van der Waals surface area (Å²) in [6, 6.07) is 6.56. The molecule has 0 N–H and O–H groups in total. The number of rotatable bonds is 5. The summed E-state index contributed by atoms with van der Waals surface area (Å²) in [6.45, 7) is 7.02. The van der Waals surface area contributed by atoms with Gasteiger partial charge in [0.1, 0.15) is 0 Å². The Hall–Kier alpha value is -1.12. The van der Waals surface area contributed by atoms with Crippen molar-refractivity contribution in [3.05, 3.63) is 29.8 Å². The molecule has 0 atom stereocenters. The lowest BCUT2D eigenvalue weighted by atomic mass is 10.2. The molecule has 17 heavy (non-hydrogen) atoms. The number of anilines is 1. The number of hydrogen-bond donors (Lipinski definition) is 0. The molecule has 0 fully saturated rings. The van der Waals surface area contributed by atoms with Gasteiger partial charge in [-0.3, -0.25) is 0 Å². The molecule has 0 aromatic heterocycles. The van der Waals surface area contributed by atoms with Crippen LogP contribution in [0.25, 0.3) is 0 Å². The highest BCUT2D eigenvalue weighted by Crippen LogP contribution is 2.23. The van der Waals surface area contributed by atoms with Crippen molar-refractivity contribution in [3.63, 3.8) is 0 Å². The van der Waals surface area contributed by atoms with E-state index in [0.717, 1.165) is 25.1 Å². The molecule has 0 aliphatic heterocycles. The van der Waals surface area contributed by atoms with Crippen LogP contribution in [0.3, 0.4) is 0 Å². The van der Waals surface area contributed by atoms with E-state index in [-0.39, 0.29) is 5.56 Å². The van der Waals surface area contributed by atoms with Gasteiger partial charge in [-0.25, -0.2) is 8.78 Å². The third kappa shape index (κ3) is 5.66. The number of hydrogen-bond acceptors (Lipinski definition) is 1. The van der Waals surface area contributed by atoms with Gasteiger partial charge < -0.3 is 4.90 Å². The maximum absolute atomic E-state index is 12.4. The lowest BCUT2D eigenvalue weighted by Crippen LogP contribution is -2.18. The van der Waals surface area contributed by atoms with Crippen LogP contribution in [0.4, 0.5) is 14.5 Å². The predicted octanol–water partition coefficient (Wildman–Crippen LogP) is 4.89. The van der Waals surface area contributed by atoms with Crippen LogP contribution >= 0.6 is 0 Å². The molecule has 0 saturated heterocycles. The van der Waals surface area contributed by atoms with Crippen LogP contribution in [0.5, 0.6) is 0 Å². The highest BCUT2D eigenvalue weighted by Gasteiger charge is 2.08. The molecule has 0 amide bonds. The maximum Gasteiger partial charge on any atom is 0.263 e. The van der Waals surface area contributed by atoms with Gasteiger partial charge in [-0.2, -0.15) is 0 Å². The monoisotopic (exact) mass is 243 g/mol. The topological polar surface area (TPSA) is 3.24 Å². The molecule has 0 unspecified atom stereocenters. The van der Waals surface area contributed by atoms with Crippen molar-refractivity contribution >= 4 is 5.69 Å². The Morgan fingerprint density at radius 1 is 1.24 bits per heavy atom. The molecule has 0 spiro atoms. The zero-order valence-corrected chi connectivity index (χ0v) is 11.2. The summed E-state index contributed by atoms with van der Waals surface area (Å²) in [5.74, 6) is 0. The molecular weight excluding hydrogens is 220 g/mol. The van der Waals surface area contributed by atoms with Gasteiger partial charge in [-0.05, 0) is 18.6 Å². The number of unbranched alkanes of at least 4 members (excludes halogenated alkanes) is 1. The Kier molecular flexibility index (Phi) is 8.38. The predicted molar refractivity (Wildman–Crippen MR) is 70.9 cm³/mol. The highest BCUT2D eigenvalue weighted by molar-refractivity contribution is 5.48. The van der Waals surface area contributed by atoms with Gasteiger partial charge in [0.15, 0.2) is 0 Å². The summed E-state index contributed by atoms with van der Waals surface area (Å²) in [6.07, 6.45) is -0.196. The fourth-order valence-corrected chi connectivity index (χ4v) is 1.42. The second-order valence-corrected chi connectivity index (χ2v) is 3.67. The molecule has 1 aromatic rings. The van der Waals surface area contributed by atoms with E-state index in [4.69, 9.17) is 0 Å². The summed E-state index contributed by atoms with van der Waals surface area (Å²) in [5, 5.41) is 0. The fraction of sp³-hybridized carbons (Fsp3) is 0.571. The molecule has 1 rings (SSSR count). The molecule has 1 aromatic carbocycles. The standard InChI is InChI=1S/C12H17F2N.C2H6/c1-3-4-8-15(2)11-7-5-6-10(9-11)12(13)14;1-2/h5-7,9,12H,3-4,8H2,1-2H3;1-2H3. The Bertz CT molecular complexity index is 300. The fourth-order valence-electron chi connectivity index (χ4n) is 1.42. The molecule has 0 radical (unpaired) electrons. The van der Waals surface area contributed by atoms with Crippen LogP contribution in [-0.4, -0.2) is 13.6 Å². The summed E-state index contributed by atoms with van der Waals surface area (Å²) in [7, 11) is 1.93. The van der Waals surface area contributed by atoms with E-state index in [1.807, 2.05) is 31.9 Å². The van der Waals surface area contributed by atoms with Crippen LogP contribution in [0, 0.1) is 0 Å². The number of halogens is 2. The summed E-state index contributed by atoms with van der Waals surface area (Å²) >= 11 is 0. The number of alkyl halides is 2. The van der Waals surface area contributed by atoms with E-state index in [0.29, 0.717) is 0 Å². The molecule has 0 saturated carbocycles. The zero-order chi connectivity index (χ0) is 13.3. The van der Waals surface area contributed by atoms with E-state index in [1.165, 1.54) is 6.07 Å². The summed E-state index contributed by atoms with van der Waals surface area (Å²) in [4.78, 5) is 2.01. The lowest BCUT2D eigenvalue weighted by molar-refractivity contribution is 0.151. The minimum Gasteiger partial charge on any atom is -0.375 e. The average molecular weight is 243 g/mol. The SMILES string of the molecule is CC.CCCCN(C)c1cccc(C(F)F)c1. The third-order valence-electron chi connectivity index (χ3n) is 2.41. The second-order valence-electron chi connectivity index (χ2n) is 3.67. The van der Waals surface area contributed by atoms with E-state index in [2.05, 4.69) is 6.92 Å². The normalized spacial score (nSPS) is 9.82. The average Bonchev–Trinajstić information content (AvgIpc) is 2.38. The van der Waals surface area contributed by atoms with Crippen LogP contribution in [0.15, 0.2) is 24.3 Å². The minimum absolute atomic E-state index is 0.0934. The van der Waals surface area contributed by atoms with Crippen LogP contribution < -0.4 is 4.90 Å². The zero-order valence-electron chi connectivity index (χ0n) is 11.2. The van der Waals surface area contributed by atoms with Crippen LogP contribution in [0.1, 0.15) is 45.6 Å². The van der Waals surface area contributed by atoms with E-state index in [9.17, 15) is 8.78 Å². The lowest BCUT2D eigenvalue weighted by Gasteiger charge is -2.19. The van der Waals surface area contributed by atoms with Crippen molar-refractivity contribution in [2.45, 2.75) is 40.0 Å². The van der Waals surface area contributed by atoms with Crippen molar-refractivity contribution < 1.29 is 8.78 Å². The molecule has 98 valence electrons. The quantitative estimate of drug-likeness (QED) is 0.712. The maximum atomic E-state index is 12.4. The number of nitrogens with zero attached hydrogens (tertiary/aromatic N) is 1. The van der Waals surface area contributed by atoms with Crippen molar-refractivity contribution in [1.82, 2.24) is 0 Å². The van der Waals surface area contributed by atoms with Gasteiger partial charge in [0, 0.05) is 24.8 Å². The Balaban J connectivity index is 0.00000121. The largest absolute Gasteiger partial charge is 0.375 e. The minimum atomic E-state index is -2.38. The van der Waals surface area contributed by atoms with Gasteiger partial charge in [0.2, 0.25) is 0 Å². The Morgan fingerprint density at radius 3 is 2.41 bits per heavy atom. The van der Waals surface area contributed by atoms with Crippen LogP contribution in [0.2, 0.25) is 0 Å². The second kappa shape index (κ2) is 8.97. The highest BCUT2D eigenvalue weighted by atomic mass is 19.3. The summed E-state index contributed by atoms with van der Waals surface area (Å²) in [5.41, 5.74) is 0.956. The summed E-state index contributed by atoms with van der Waals surface area (Å²) < 4.78 is 24.9. The molecule has 0 heterocycles. The first-order valence-corrected chi connectivity index (χ1v) is 6.24. The van der Waals surface area contributed by atoms with Crippen molar-refractivity contribution in [2.24, 2.45) is 0 Å². The molecule has 1 nitrogen and oxygen atoms in total. The van der Waals surface area contributed by atoms with Gasteiger partial charge in [-0.1, -0.05) is 39.3 Å². The first-order chi connectivity index (χ1) is 8.15. The number of benzene rings is 1. The van der Waals surface area contributed by atoms with Crippen molar-refractivity contribution in [3.8, 4) is 0 Å². The molecule has 0 aliphatic rings. The molecular formula is C14H23F2N. The molecule has 0 bridgehead atoms. The van der Waals surface area contributed by atoms with Gasteiger partial charge in [-0.15, -0.1) is 0 Å².